The van der Waals surface area contributed by atoms with Crippen molar-refractivity contribution in [3.05, 3.63) is 63.7 Å². The number of quaternary nitrogens is 1. The van der Waals surface area contributed by atoms with Gasteiger partial charge in [-0.1, -0.05) is 12.1 Å². The van der Waals surface area contributed by atoms with Crippen molar-refractivity contribution in [2.45, 2.75) is 12.7 Å². The van der Waals surface area contributed by atoms with Crippen molar-refractivity contribution in [2.75, 3.05) is 26.0 Å². The molecule has 0 saturated carbocycles. The van der Waals surface area contributed by atoms with Crippen LogP contribution in [0, 0.1) is 10.1 Å². The summed E-state index contributed by atoms with van der Waals surface area (Å²) in [7, 11) is 3.06. The predicted molar refractivity (Wildman–Crippen MR) is 95.2 cm³/mol. The molecule has 0 aliphatic heterocycles. The van der Waals surface area contributed by atoms with E-state index in [4.69, 9.17) is 4.74 Å². The Morgan fingerprint density at radius 3 is 2.39 bits per heavy atom. The van der Waals surface area contributed by atoms with E-state index in [1.165, 1.54) is 37.4 Å². The highest BCUT2D eigenvalue weighted by molar-refractivity contribution is 5.93. The second-order valence-corrected chi connectivity index (χ2v) is 6.20. The lowest BCUT2D eigenvalue weighted by Gasteiger charge is -2.15. The van der Waals surface area contributed by atoms with Crippen LogP contribution in [0.5, 0.6) is 5.75 Å². The van der Waals surface area contributed by atoms with E-state index in [2.05, 4.69) is 5.32 Å². The number of amides is 1. The van der Waals surface area contributed by atoms with Gasteiger partial charge in [-0.2, -0.15) is 13.2 Å². The predicted octanol–water partition coefficient (Wildman–Crippen LogP) is 2.28. The number of nitro benzene ring substituents is 1. The van der Waals surface area contributed by atoms with Gasteiger partial charge in [0.25, 0.3) is 11.6 Å². The quantitative estimate of drug-likeness (QED) is 0.554. The molecular formula is C18H19F3N3O4+. The zero-order valence-corrected chi connectivity index (χ0v) is 15.2. The van der Waals surface area contributed by atoms with Gasteiger partial charge in [-0.3, -0.25) is 14.9 Å². The first kappa shape index (κ1) is 21.2. The van der Waals surface area contributed by atoms with E-state index in [1.54, 1.807) is 7.05 Å². The van der Waals surface area contributed by atoms with Gasteiger partial charge in [-0.25, -0.2) is 0 Å². The standard InChI is InChI=1S/C18H18F3N3O4/c1-23(10-12-3-5-13(6-4-12)18(19,20)21)11-17(25)22-15-8-7-14(24(26)27)9-16(15)28-2/h3-9H,10-11H2,1-2H3,(H,22,25)/p+1. The zero-order valence-electron chi connectivity index (χ0n) is 15.2. The van der Waals surface area contributed by atoms with Crippen LogP contribution in [-0.2, 0) is 17.5 Å². The minimum absolute atomic E-state index is 0.0428. The van der Waals surface area contributed by atoms with Crippen molar-refractivity contribution in [3.63, 3.8) is 0 Å². The minimum atomic E-state index is -4.39. The molecule has 2 N–H and O–H groups in total. The van der Waals surface area contributed by atoms with Crippen molar-refractivity contribution in [2.24, 2.45) is 0 Å². The van der Waals surface area contributed by atoms with Crippen molar-refractivity contribution < 1.29 is 32.5 Å². The van der Waals surface area contributed by atoms with Crippen LogP contribution in [0.1, 0.15) is 11.1 Å². The molecule has 150 valence electrons. The third-order valence-corrected chi connectivity index (χ3v) is 3.92. The Morgan fingerprint density at radius 2 is 1.86 bits per heavy atom. The molecule has 0 aliphatic rings. The first-order chi connectivity index (χ1) is 13.1. The van der Waals surface area contributed by atoms with Crippen LogP contribution >= 0.6 is 0 Å². The van der Waals surface area contributed by atoms with E-state index in [1.807, 2.05) is 0 Å². The van der Waals surface area contributed by atoms with Gasteiger partial charge in [0.05, 0.1) is 36.4 Å². The number of carbonyl (C=O) groups excluding carboxylic acids is 1. The number of hydrogen-bond donors (Lipinski definition) is 2. The zero-order chi connectivity index (χ0) is 20.9. The molecule has 0 saturated heterocycles. The van der Waals surface area contributed by atoms with Gasteiger partial charge in [0, 0.05) is 11.6 Å². The lowest BCUT2D eigenvalue weighted by Crippen LogP contribution is -3.08. The van der Waals surface area contributed by atoms with E-state index in [9.17, 15) is 28.1 Å². The number of nitrogens with zero attached hydrogens (tertiary/aromatic N) is 1. The summed E-state index contributed by atoms with van der Waals surface area (Å²) in [5.74, 6) is -0.209. The molecule has 7 nitrogen and oxygen atoms in total. The fourth-order valence-corrected chi connectivity index (χ4v) is 2.59. The minimum Gasteiger partial charge on any atom is -0.494 e. The number of non-ortho nitro benzene ring substituents is 1. The van der Waals surface area contributed by atoms with Crippen molar-refractivity contribution in [1.29, 1.82) is 0 Å². The molecule has 1 unspecified atom stereocenters. The van der Waals surface area contributed by atoms with Crippen LogP contribution in [0.4, 0.5) is 24.5 Å². The Bertz CT molecular complexity index is 854. The highest BCUT2D eigenvalue weighted by atomic mass is 19.4. The fourth-order valence-electron chi connectivity index (χ4n) is 2.59. The molecule has 2 aromatic rings. The first-order valence-corrected chi connectivity index (χ1v) is 8.20. The second-order valence-electron chi connectivity index (χ2n) is 6.20. The molecule has 0 fully saturated rings. The molecule has 10 heteroatoms. The number of rotatable bonds is 7. The topological polar surface area (TPSA) is 85.9 Å². The van der Waals surface area contributed by atoms with Crippen LogP contribution in [0.2, 0.25) is 0 Å². The maximum atomic E-state index is 12.6. The number of carbonyl (C=O) groups is 1. The summed E-state index contributed by atoms with van der Waals surface area (Å²) in [5.41, 5.74) is 0.0588. The Balaban J connectivity index is 1.96. The van der Waals surface area contributed by atoms with Crippen molar-refractivity contribution in [3.8, 4) is 5.75 Å². The number of ether oxygens (including phenoxy) is 1. The third kappa shape index (κ3) is 5.68. The summed E-state index contributed by atoms with van der Waals surface area (Å²) in [6.45, 7) is 0.393. The summed E-state index contributed by atoms with van der Waals surface area (Å²) in [6.07, 6.45) is -4.39. The van der Waals surface area contributed by atoms with Crippen LogP contribution in [0.25, 0.3) is 0 Å². The molecule has 0 aliphatic carbocycles. The smallest absolute Gasteiger partial charge is 0.416 e. The Hall–Kier alpha value is -3.14. The van der Waals surface area contributed by atoms with Gasteiger partial charge in [0.15, 0.2) is 6.54 Å². The van der Waals surface area contributed by atoms with E-state index < -0.39 is 16.7 Å². The lowest BCUT2D eigenvalue weighted by atomic mass is 10.1. The molecular weight excluding hydrogens is 379 g/mol. The average molecular weight is 398 g/mol. The Morgan fingerprint density at radius 1 is 1.21 bits per heavy atom. The van der Waals surface area contributed by atoms with Gasteiger partial charge in [0.1, 0.15) is 12.3 Å². The van der Waals surface area contributed by atoms with Crippen LogP contribution in [-0.4, -0.2) is 31.5 Å². The van der Waals surface area contributed by atoms with E-state index in [-0.39, 0.29) is 23.9 Å². The average Bonchev–Trinajstić information content (AvgIpc) is 2.61. The number of likely N-dealkylation sites (N-methyl/N-ethyl adjacent to an activating group) is 1. The van der Waals surface area contributed by atoms with Crippen LogP contribution in [0.15, 0.2) is 42.5 Å². The Labute approximate surface area is 158 Å². The molecule has 0 aromatic heterocycles. The summed E-state index contributed by atoms with van der Waals surface area (Å²) in [4.78, 5) is 23.2. The maximum absolute atomic E-state index is 12.6. The lowest BCUT2D eigenvalue weighted by molar-refractivity contribution is -0.885. The van der Waals surface area contributed by atoms with Crippen LogP contribution < -0.4 is 15.0 Å². The first-order valence-electron chi connectivity index (χ1n) is 8.20. The number of methoxy groups -OCH3 is 1. The van der Waals surface area contributed by atoms with Gasteiger partial charge < -0.3 is 15.0 Å². The van der Waals surface area contributed by atoms with Gasteiger partial charge >= 0.3 is 6.18 Å². The van der Waals surface area contributed by atoms with E-state index in [0.717, 1.165) is 17.0 Å². The van der Waals surface area contributed by atoms with Gasteiger partial charge in [-0.05, 0) is 18.2 Å². The highest BCUT2D eigenvalue weighted by Gasteiger charge is 2.30. The SMILES string of the molecule is COc1cc([N+](=O)[O-])ccc1NC(=O)C[NH+](C)Cc1ccc(C(F)(F)F)cc1. The molecule has 0 bridgehead atoms. The molecule has 0 spiro atoms. The second kappa shape index (κ2) is 8.70. The largest absolute Gasteiger partial charge is 0.494 e. The number of halogens is 3. The number of benzene rings is 2. The van der Waals surface area contributed by atoms with E-state index >= 15 is 0 Å². The fraction of sp³-hybridized carbons (Fsp3) is 0.278. The molecule has 1 atom stereocenters. The molecule has 1 amide bonds. The van der Waals surface area contributed by atoms with Gasteiger partial charge in [0.2, 0.25) is 0 Å². The molecule has 2 aromatic carbocycles. The van der Waals surface area contributed by atoms with Crippen molar-refractivity contribution >= 4 is 17.3 Å². The maximum Gasteiger partial charge on any atom is 0.416 e. The molecule has 2 rings (SSSR count). The summed E-state index contributed by atoms with van der Waals surface area (Å²) in [5, 5.41) is 13.4. The Kier molecular flexibility index (Phi) is 6.57. The summed E-state index contributed by atoms with van der Waals surface area (Å²) < 4.78 is 42.8. The number of anilines is 1. The third-order valence-electron chi connectivity index (χ3n) is 3.92. The van der Waals surface area contributed by atoms with E-state index in [0.29, 0.717) is 17.8 Å². The van der Waals surface area contributed by atoms with Gasteiger partial charge in [-0.15, -0.1) is 0 Å². The molecule has 28 heavy (non-hydrogen) atoms. The van der Waals surface area contributed by atoms with Crippen LogP contribution in [0.3, 0.4) is 0 Å². The molecule has 0 radical (unpaired) electrons. The summed E-state index contributed by atoms with van der Waals surface area (Å²) in [6, 6.07) is 8.59. The van der Waals surface area contributed by atoms with Crippen molar-refractivity contribution in [1.82, 2.24) is 0 Å². The number of hydrogen-bond acceptors (Lipinski definition) is 4. The number of nitro groups is 1. The highest BCUT2D eigenvalue weighted by Crippen LogP contribution is 2.29. The summed E-state index contributed by atoms with van der Waals surface area (Å²) >= 11 is 0. The monoisotopic (exact) mass is 398 g/mol. The number of nitrogens with one attached hydrogen (secondary N) is 2. The molecule has 0 heterocycles. The normalized spacial score (nSPS) is 12.3. The number of alkyl halides is 3.